The molecule has 1 atom stereocenters. The van der Waals surface area contributed by atoms with Crippen LogP contribution in [0.2, 0.25) is 5.02 Å². The van der Waals surface area contributed by atoms with Gasteiger partial charge in [0.15, 0.2) is 11.5 Å². The van der Waals surface area contributed by atoms with E-state index in [1.54, 1.807) is 55.5 Å². The zero-order chi connectivity index (χ0) is 25.2. The number of nitrogens with zero attached hydrogens (tertiary/aromatic N) is 1. The van der Waals surface area contributed by atoms with Gasteiger partial charge >= 0.3 is 5.63 Å². The Hall–Kier alpha value is -3.97. The third kappa shape index (κ3) is 4.50. The van der Waals surface area contributed by atoms with Crippen LogP contribution >= 0.6 is 11.6 Å². The quantitative estimate of drug-likeness (QED) is 0.332. The van der Waals surface area contributed by atoms with Crippen LogP contribution in [0.4, 0.5) is 0 Å². The summed E-state index contributed by atoms with van der Waals surface area (Å²) >= 11 is 6.03. The van der Waals surface area contributed by atoms with Crippen LogP contribution in [0.25, 0.3) is 11.0 Å². The number of rotatable bonds is 6. The topological polar surface area (TPSA) is 78.2 Å². The van der Waals surface area contributed by atoms with Crippen molar-refractivity contribution in [1.29, 1.82) is 0 Å². The summed E-state index contributed by atoms with van der Waals surface area (Å²) < 4.78 is 22.5. The number of carbonyl (C=O) groups is 1. The fourth-order valence-electron chi connectivity index (χ4n) is 4.58. The van der Waals surface area contributed by atoms with Gasteiger partial charge in [0.1, 0.15) is 17.9 Å². The van der Waals surface area contributed by atoms with E-state index >= 15 is 0 Å². The SMILES string of the molecule is COc1cc2c(cc1OC)C(COc1cc(=O)oc3ccccc13)N(C(=O)c1ccc(Cl)cc1)CC2. The number of carbonyl (C=O) groups excluding carboxylic acids is 1. The van der Waals surface area contributed by atoms with Crippen LogP contribution in [0.5, 0.6) is 17.2 Å². The summed E-state index contributed by atoms with van der Waals surface area (Å²) in [5.41, 5.74) is 2.39. The van der Waals surface area contributed by atoms with E-state index < -0.39 is 11.7 Å². The Bertz CT molecular complexity index is 1480. The molecule has 4 aromatic rings. The summed E-state index contributed by atoms with van der Waals surface area (Å²) in [6, 6.07) is 18.7. The van der Waals surface area contributed by atoms with E-state index in [1.165, 1.54) is 6.07 Å². The maximum atomic E-state index is 13.6. The van der Waals surface area contributed by atoms with Gasteiger partial charge in [-0.2, -0.15) is 0 Å². The number of para-hydroxylation sites is 1. The first-order valence-corrected chi connectivity index (χ1v) is 11.8. The van der Waals surface area contributed by atoms with E-state index in [0.717, 1.165) is 11.1 Å². The number of hydrogen-bond acceptors (Lipinski definition) is 6. The number of halogens is 1. The number of benzene rings is 3. The number of ether oxygens (including phenoxy) is 3. The number of methoxy groups -OCH3 is 2. The summed E-state index contributed by atoms with van der Waals surface area (Å²) in [5, 5.41) is 1.23. The Kier molecular flexibility index (Phi) is 6.57. The molecule has 0 bridgehead atoms. The number of fused-ring (bicyclic) bond motifs is 2. The molecule has 1 unspecified atom stereocenters. The van der Waals surface area contributed by atoms with Crippen LogP contribution in [0.3, 0.4) is 0 Å². The Morgan fingerprint density at radius 1 is 1.00 bits per heavy atom. The molecule has 0 saturated heterocycles. The predicted octanol–water partition coefficient (Wildman–Crippen LogP) is 5.28. The molecule has 0 fully saturated rings. The maximum Gasteiger partial charge on any atom is 0.339 e. The highest BCUT2D eigenvalue weighted by atomic mass is 35.5. The van der Waals surface area contributed by atoms with Gasteiger partial charge < -0.3 is 23.5 Å². The molecule has 7 nitrogen and oxygen atoms in total. The second-order valence-electron chi connectivity index (χ2n) is 8.41. The lowest BCUT2D eigenvalue weighted by Crippen LogP contribution is -2.42. The van der Waals surface area contributed by atoms with Gasteiger partial charge in [0, 0.05) is 17.1 Å². The highest BCUT2D eigenvalue weighted by Gasteiger charge is 2.33. The van der Waals surface area contributed by atoms with Crippen LogP contribution in [0.1, 0.15) is 27.5 Å². The third-order valence-electron chi connectivity index (χ3n) is 6.36. The summed E-state index contributed by atoms with van der Waals surface area (Å²) in [5.74, 6) is 1.44. The molecule has 36 heavy (non-hydrogen) atoms. The minimum atomic E-state index is -0.506. The zero-order valence-electron chi connectivity index (χ0n) is 19.8. The Morgan fingerprint density at radius 2 is 1.72 bits per heavy atom. The predicted molar refractivity (Wildman–Crippen MR) is 136 cm³/mol. The smallest absolute Gasteiger partial charge is 0.339 e. The van der Waals surface area contributed by atoms with Gasteiger partial charge in [-0.15, -0.1) is 0 Å². The van der Waals surface area contributed by atoms with Gasteiger partial charge in [-0.1, -0.05) is 23.7 Å². The normalized spacial score (nSPS) is 14.9. The summed E-state index contributed by atoms with van der Waals surface area (Å²) in [6.07, 6.45) is 0.642. The molecule has 184 valence electrons. The summed E-state index contributed by atoms with van der Waals surface area (Å²) in [6.45, 7) is 0.602. The van der Waals surface area contributed by atoms with Gasteiger partial charge in [0.2, 0.25) is 0 Å². The largest absolute Gasteiger partial charge is 0.493 e. The molecule has 2 heterocycles. The molecule has 0 aliphatic carbocycles. The minimum absolute atomic E-state index is 0.120. The van der Waals surface area contributed by atoms with Crippen LogP contribution in [0.15, 0.2) is 75.9 Å². The van der Waals surface area contributed by atoms with E-state index in [2.05, 4.69) is 0 Å². The minimum Gasteiger partial charge on any atom is -0.493 e. The van der Waals surface area contributed by atoms with E-state index in [1.807, 2.05) is 24.3 Å². The molecule has 1 aliphatic heterocycles. The highest BCUT2D eigenvalue weighted by Crippen LogP contribution is 2.39. The van der Waals surface area contributed by atoms with Crippen molar-refractivity contribution in [1.82, 2.24) is 4.90 Å². The highest BCUT2D eigenvalue weighted by molar-refractivity contribution is 6.30. The monoisotopic (exact) mass is 505 g/mol. The number of hydrogen-bond donors (Lipinski definition) is 0. The molecular weight excluding hydrogens is 482 g/mol. The van der Waals surface area contributed by atoms with Gasteiger partial charge in [0.25, 0.3) is 5.91 Å². The fraction of sp³-hybridized carbons (Fsp3) is 0.214. The van der Waals surface area contributed by atoms with Gasteiger partial charge in [-0.25, -0.2) is 4.79 Å². The molecule has 0 spiro atoms. The molecule has 3 aromatic carbocycles. The van der Waals surface area contributed by atoms with E-state index in [0.29, 0.717) is 51.8 Å². The Morgan fingerprint density at radius 3 is 2.47 bits per heavy atom. The van der Waals surface area contributed by atoms with E-state index in [-0.39, 0.29) is 12.5 Å². The third-order valence-corrected chi connectivity index (χ3v) is 6.62. The fourth-order valence-corrected chi connectivity index (χ4v) is 4.71. The molecule has 1 aromatic heterocycles. The van der Waals surface area contributed by atoms with Crippen molar-refractivity contribution in [3.8, 4) is 17.2 Å². The maximum absolute atomic E-state index is 13.6. The van der Waals surface area contributed by atoms with Gasteiger partial charge in [-0.05, 0) is 66.1 Å². The molecular formula is C28H24ClNO6. The second-order valence-corrected chi connectivity index (χ2v) is 8.85. The standard InChI is InChI=1S/C28H24ClNO6/c1-33-25-13-18-11-12-30(28(32)17-7-9-19(29)10-8-17)22(21(18)14-26(25)34-2)16-35-24-15-27(31)36-23-6-4-3-5-20(23)24/h3-10,13-15,22H,11-12,16H2,1-2H3. The molecule has 0 radical (unpaired) electrons. The Labute approximate surface area is 212 Å². The Balaban J connectivity index is 1.55. The van der Waals surface area contributed by atoms with Crippen LogP contribution < -0.4 is 19.8 Å². The first-order valence-electron chi connectivity index (χ1n) is 11.5. The van der Waals surface area contributed by atoms with Crippen molar-refractivity contribution in [3.63, 3.8) is 0 Å². The van der Waals surface area contributed by atoms with Crippen LogP contribution in [-0.4, -0.2) is 38.2 Å². The molecule has 0 N–H and O–H groups in total. The van der Waals surface area contributed by atoms with Crippen molar-refractivity contribution >= 4 is 28.5 Å². The average Bonchev–Trinajstić information content (AvgIpc) is 2.90. The molecule has 5 rings (SSSR count). The summed E-state index contributed by atoms with van der Waals surface area (Å²) in [7, 11) is 3.17. The second kappa shape index (κ2) is 9.95. The molecule has 1 amide bonds. The molecule has 8 heteroatoms. The van der Waals surface area contributed by atoms with Gasteiger partial charge in [0.05, 0.1) is 31.7 Å². The van der Waals surface area contributed by atoms with Gasteiger partial charge in [-0.3, -0.25) is 4.79 Å². The van der Waals surface area contributed by atoms with Crippen LogP contribution in [-0.2, 0) is 6.42 Å². The molecule has 1 aliphatic rings. The number of amides is 1. The van der Waals surface area contributed by atoms with Crippen molar-refractivity contribution in [2.75, 3.05) is 27.4 Å². The van der Waals surface area contributed by atoms with Crippen molar-refractivity contribution in [3.05, 3.63) is 98.9 Å². The lowest BCUT2D eigenvalue weighted by molar-refractivity contribution is 0.0590. The first kappa shape index (κ1) is 23.8. The van der Waals surface area contributed by atoms with Crippen LogP contribution in [0, 0.1) is 0 Å². The first-order chi connectivity index (χ1) is 17.5. The summed E-state index contributed by atoms with van der Waals surface area (Å²) in [4.78, 5) is 27.5. The molecule has 0 saturated carbocycles. The van der Waals surface area contributed by atoms with E-state index in [9.17, 15) is 9.59 Å². The van der Waals surface area contributed by atoms with Crippen molar-refractivity contribution < 1.29 is 23.4 Å². The van der Waals surface area contributed by atoms with Crippen molar-refractivity contribution in [2.45, 2.75) is 12.5 Å². The van der Waals surface area contributed by atoms with Crippen molar-refractivity contribution in [2.24, 2.45) is 0 Å². The average molecular weight is 506 g/mol. The lowest BCUT2D eigenvalue weighted by Gasteiger charge is -2.37. The van der Waals surface area contributed by atoms with E-state index in [4.69, 9.17) is 30.2 Å². The lowest BCUT2D eigenvalue weighted by atomic mass is 9.91. The zero-order valence-corrected chi connectivity index (χ0v) is 20.6.